The number of morpholine rings is 1. The molecule has 1 aliphatic heterocycles. The zero-order valence-electron chi connectivity index (χ0n) is 15.1. The zero-order valence-corrected chi connectivity index (χ0v) is 17.5. The Morgan fingerprint density at radius 1 is 1.22 bits per heavy atom. The van der Waals surface area contributed by atoms with Gasteiger partial charge in [0.1, 0.15) is 0 Å². The molecule has 1 aliphatic rings. The minimum absolute atomic E-state index is 0. The number of rotatable bonds is 9. The van der Waals surface area contributed by atoms with E-state index in [0.29, 0.717) is 12.1 Å². The fourth-order valence-electron chi connectivity index (χ4n) is 2.30. The summed E-state index contributed by atoms with van der Waals surface area (Å²) in [5.41, 5.74) is 0. The normalized spacial score (nSPS) is 17.7. The molecule has 1 rings (SSSR count). The van der Waals surface area contributed by atoms with E-state index in [1.807, 2.05) is 0 Å². The zero-order chi connectivity index (χ0) is 16.2. The molecular weight excluding hydrogens is 407 g/mol. The first kappa shape index (κ1) is 22.9. The maximum atomic E-state index is 5.54. The van der Waals surface area contributed by atoms with Crippen molar-refractivity contribution in [1.29, 1.82) is 0 Å². The van der Waals surface area contributed by atoms with Crippen LogP contribution in [0.1, 0.15) is 34.1 Å². The summed E-state index contributed by atoms with van der Waals surface area (Å²) >= 11 is 0. The van der Waals surface area contributed by atoms with E-state index in [1.165, 1.54) is 0 Å². The number of aliphatic imine (C=N–C) groups is 1. The van der Waals surface area contributed by atoms with E-state index in [9.17, 15) is 0 Å². The summed E-state index contributed by atoms with van der Waals surface area (Å²) in [7, 11) is 0. The summed E-state index contributed by atoms with van der Waals surface area (Å²) < 4.78 is 10.9. The highest BCUT2D eigenvalue weighted by molar-refractivity contribution is 14.0. The van der Waals surface area contributed by atoms with Crippen molar-refractivity contribution in [2.45, 2.75) is 46.3 Å². The largest absolute Gasteiger partial charge is 0.379 e. The van der Waals surface area contributed by atoms with Crippen molar-refractivity contribution in [3.8, 4) is 0 Å². The molecule has 2 N–H and O–H groups in total. The van der Waals surface area contributed by atoms with Gasteiger partial charge in [-0.3, -0.25) is 9.89 Å². The molecule has 0 saturated carbocycles. The number of ether oxygens (including phenoxy) is 2. The van der Waals surface area contributed by atoms with Gasteiger partial charge in [-0.05, 0) is 34.1 Å². The maximum Gasteiger partial charge on any atom is 0.191 e. The highest BCUT2D eigenvalue weighted by Crippen LogP contribution is 2.03. The Hall–Kier alpha value is -0.120. The fraction of sp³-hybridized carbons (Fsp3) is 0.938. The average molecular weight is 442 g/mol. The molecule has 1 saturated heterocycles. The average Bonchev–Trinajstić information content (AvgIpc) is 2.52. The summed E-state index contributed by atoms with van der Waals surface area (Å²) in [4.78, 5) is 7.13. The summed E-state index contributed by atoms with van der Waals surface area (Å²) in [5, 5.41) is 6.66. The van der Waals surface area contributed by atoms with E-state index in [0.717, 1.165) is 64.9 Å². The standard InChI is InChI=1S/C16H34N4O2.HI/c1-5-17-16(18-7-6-10-22-14(2)3)19-13-15(4)20-8-11-21-12-9-20;/h14-15H,5-13H2,1-4H3,(H2,17,18,19);1H. The second kappa shape index (κ2) is 14.2. The minimum Gasteiger partial charge on any atom is -0.379 e. The Bertz CT molecular complexity index is 310. The van der Waals surface area contributed by atoms with Gasteiger partial charge < -0.3 is 20.1 Å². The Balaban J connectivity index is 0.00000484. The Kier molecular flexibility index (Phi) is 14.2. The van der Waals surface area contributed by atoms with E-state index in [1.54, 1.807) is 0 Å². The van der Waals surface area contributed by atoms with Gasteiger partial charge in [0.25, 0.3) is 0 Å². The lowest BCUT2D eigenvalue weighted by Crippen LogP contribution is -2.44. The molecule has 0 radical (unpaired) electrons. The van der Waals surface area contributed by atoms with Crippen molar-refractivity contribution in [3.05, 3.63) is 0 Å². The minimum atomic E-state index is 0. The lowest BCUT2D eigenvalue weighted by Gasteiger charge is -2.31. The number of nitrogens with one attached hydrogen (secondary N) is 2. The van der Waals surface area contributed by atoms with Crippen LogP contribution in [-0.4, -0.2) is 75.5 Å². The summed E-state index contributed by atoms with van der Waals surface area (Å²) in [6.07, 6.45) is 1.29. The lowest BCUT2D eigenvalue weighted by molar-refractivity contribution is 0.0220. The van der Waals surface area contributed by atoms with E-state index in [4.69, 9.17) is 14.5 Å². The lowest BCUT2D eigenvalue weighted by atomic mass is 10.2. The third kappa shape index (κ3) is 11.1. The predicted octanol–water partition coefficient (Wildman–Crippen LogP) is 1.70. The van der Waals surface area contributed by atoms with Crippen LogP contribution in [0.3, 0.4) is 0 Å². The molecule has 0 aromatic rings. The summed E-state index contributed by atoms with van der Waals surface area (Å²) in [6, 6.07) is 0.448. The van der Waals surface area contributed by atoms with Gasteiger partial charge >= 0.3 is 0 Å². The topological polar surface area (TPSA) is 58.1 Å². The van der Waals surface area contributed by atoms with Crippen LogP contribution in [0.2, 0.25) is 0 Å². The van der Waals surface area contributed by atoms with Crippen LogP contribution in [0.25, 0.3) is 0 Å². The van der Waals surface area contributed by atoms with E-state index >= 15 is 0 Å². The molecule has 1 atom stereocenters. The third-order valence-corrected chi connectivity index (χ3v) is 3.59. The highest BCUT2D eigenvalue weighted by Gasteiger charge is 2.16. The predicted molar refractivity (Wildman–Crippen MR) is 107 cm³/mol. The van der Waals surface area contributed by atoms with Crippen molar-refractivity contribution in [2.24, 2.45) is 4.99 Å². The van der Waals surface area contributed by atoms with Gasteiger partial charge in [-0.2, -0.15) is 0 Å². The molecule has 1 fully saturated rings. The number of hydrogen-bond acceptors (Lipinski definition) is 4. The molecule has 0 aromatic carbocycles. The SMILES string of the molecule is CCNC(=NCC(C)N1CCOCC1)NCCCOC(C)C.I. The smallest absolute Gasteiger partial charge is 0.191 e. The molecule has 7 heteroatoms. The first-order chi connectivity index (χ1) is 10.6. The van der Waals surface area contributed by atoms with Gasteiger partial charge in [-0.1, -0.05) is 0 Å². The van der Waals surface area contributed by atoms with Crippen LogP contribution in [-0.2, 0) is 9.47 Å². The molecule has 138 valence electrons. The van der Waals surface area contributed by atoms with Gasteiger partial charge in [0.05, 0.1) is 25.9 Å². The molecule has 0 aromatic heterocycles. The second-order valence-electron chi connectivity index (χ2n) is 5.92. The quantitative estimate of drug-likeness (QED) is 0.247. The number of hydrogen-bond donors (Lipinski definition) is 2. The van der Waals surface area contributed by atoms with E-state index in [-0.39, 0.29) is 24.0 Å². The van der Waals surface area contributed by atoms with Crippen LogP contribution in [0.5, 0.6) is 0 Å². The van der Waals surface area contributed by atoms with Crippen molar-refractivity contribution in [3.63, 3.8) is 0 Å². The van der Waals surface area contributed by atoms with Crippen LogP contribution in [0.4, 0.5) is 0 Å². The first-order valence-electron chi connectivity index (χ1n) is 8.59. The van der Waals surface area contributed by atoms with Crippen LogP contribution >= 0.6 is 24.0 Å². The molecule has 0 bridgehead atoms. The summed E-state index contributed by atoms with van der Waals surface area (Å²) in [6.45, 7) is 15.5. The van der Waals surface area contributed by atoms with Gasteiger partial charge in [0.15, 0.2) is 5.96 Å². The maximum absolute atomic E-state index is 5.54. The Labute approximate surface area is 158 Å². The third-order valence-electron chi connectivity index (χ3n) is 3.59. The van der Waals surface area contributed by atoms with Crippen molar-refractivity contribution in [1.82, 2.24) is 15.5 Å². The van der Waals surface area contributed by atoms with Gasteiger partial charge in [0.2, 0.25) is 0 Å². The van der Waals surface area contributed by atoms with Gasteiger partial charge in [-0.25, -0.2) is 0 Å². The monoisotopic (exact) mass is 442 g/mol. The van der Waals surface area contributed by atoms with Crippen molar-refractivity contribution >= 4 is 29.9 Å². The molecular formula is C16H35IN4O2. The molecule has 1 heterocycles. The van der Waals surface area contributed by atoms with Crippen LogP contribution in [0.15, 0.2) is 4.99 Å². The molecule has 1 unspecified atom stereocenters. The van der Waals surface area contributed by atoms with Crippen LogP contribution in [0, 0.1) is 0 Å². The number of guanidine groups is 1. The molecule has 6 nitrogen and oxygen atoms in total. The molecule has 0 spiro atoms. The van der Waals surface area contributed by atoms with Crippen molar-refractivity contribution in [2.75, 3.05) is 52.5 Å². The Morgan fingerprint density at radius 3 is 2.52 bits per heavy atom. The fourth-order valence-corrected chi connectivity index (χ4v) is 2.30. The van der Waals surface area contributed by atoms with Crippen molar-refractivity contribution < 1.29 is 9.47 Å². The molecule has 0 aliphatic carbocycles. The highest BCUT2D eigenvalue weighted by atomic mass is 127. The first-order valence-corrected chi connectivity index (χ1v) is 8.59. The van der Waals surface area contributed by atoms with E-state index in [2.05, 4.69) is 43.2 Å². The summed E-state index contributed by atoms with van der Waals surface area (Å²) in [5.74, 6) is 0.896. The number of halogens is 1. The van der Waals surface area contributed by atoms with E-state index < -0.39 is 0 Å². The van der Waals surface area contributed by atoms with Crippen LogP contribution < -0.4 is 10.6 Å². The van der Waals surface area contributed by atoms with Gasteiger partial charge in [-0.15, -0.1) is 24.0 Å². The molecule has 23 heavy (non-hydrogen) atoms. The van der Waals surface area contributed by atoms with Gasteiger partial charge in [0, 0.05) is 38.8 Å². The number of nitrogens with zero attached hydrogens (tertiary/aromatic N) is 2. The second-order valence-corrected chi connectivity index (χ2v) is 5.92. The molecule has 0 amide bonds. The Morgan fingerprint density at radius 2 is 1.91 bits per heavy atom.